The molecule has 5 heteroatoms. The van der Waals surface area contributed by atoms with Crippen molar-refractivity contribution in [3.63, 3.8) is 0 Å². The van der Waals surface area contributed by atoms with E-state index >= 15 is 0 Å². The zero-order valence-corrected chi connectivity index (χ0v) is 10.5. The second kappa shape index (κ2) is 5.80. The van der Waals surface area contributed by atoms with E-state index in [9.17, 15) is 4.39 Å². The first kappa shape index (κ1) is 12.8. The number of benzene rings is 1. The summed E-state index contributed by atoms with van der Waals surface area (Å²) in [4.78, 5) is 4.08. The highest BCUT2D eigenvalue weighted by atomic mass is 35.5. The topological polar surface area (TPSA) is 34.2 Å². The molecule has 0 unspecified atom stereocenters. The average Bonchev–Trinajstić information content (AvgIpc) is 2.34. The lowest BCUT2D eigenvalue weighted by molar-refractivity contribution is 0.460. The number of nitrogens with zero attached hydrogens (tertiary/aromatic N) is 1. The van der Waals surface area contributed by atoms with Crippen molar-refractivity contribution in [1.82, 2.24) is 10.3 Å². The normalized spacial score (nSPS) is 10.4. The zero-order chi connectivity index (χ0) is 13.0. The molecule has 0 fully saturated rings. The Morgan fingerprint density at radius 3 is 2.89 bits per heavy atom. The van der Waals surface area contributed by atoms with Crippen LogP contribution in [0.4, 0.5) is 4.39 Å². The number of pyridine rings is 1. The summed E-state index contributed by atoms with van der Waals surface area (Å²) < 4.78 is 18.4. The van der Waals surface area contributed by atoms with Gasteiger partial charge in [0.25, 0.3) is 0 Å². The molecule has 2 rings (SSSR count). The molecular weight excluding hydrogens is 255 g/mol. The molecule has 94 valence electrons. The minimum Gasteiger partial charge on any atom is -0.437 e. The second-order valence-electron chi connectivity index (χ2n) is 3.71. The molecular formula is C13H12ClFN2O. The summed E-state index contributed by atoms with van der Waals surface area (Å²) in [6.45, 7) is 0.718. The first-order valence-corrected chi connectivity index (χ1v) is 5.79. The lowest BCUT2D eigenvalue weighted by Gasteiger charge is -2.07. The van der Waals surface area contributed by atoms with E-state index in [1.165, 1.54) is 18.2 Å². The fraction of sp³-hybridized carbons (Fsp3) is 0.154. The van der Waals surface area contributed by atoms with E-state index in [1.807, 2.05) is 13.1 Å². The first-order valence-electron chi connectivity index (χ1n) is 5.41. The first-order chi connectivity index (χ1) is 8.69. The molecule has 1 aromatic heterocycles. The van der Waals surface area contributed by atoms with Gasteiger partial charge in [0, 0.05) is 18.8 Å². The van der Waals surface area contributed by atoms with E-state index in [1.54, 1.807) is 12.3 Å². The average molecular weight is 267 g/mol. The Balaban J connectivity index is 2.20. The van der Waals surface area contributed by atoms with Crippen LogP contribution in [0.15, 0.2) is 36.5 Å². The Bertz CT molecular complexity index is 548. The molecule has 0 saturated carbocycles. The Morgan fingerprint density at radius 2 is 2.17 bits per heavy atom. The van der Waals surface area contributed by atoms with Crippen LogP contribution in [0, 0.1) is 5.82 Å². The third-order valence-corrected chi connectivity index (χ3v) is 2.58. The summed E-state index contributed by atoms with van der Waals surface area (Å²) in [5.74, 6) is 0.410. The van der Waals surface area contributed by atoms with Crippen molar-refractivity contribution in [2.24, 2.45) is 0 Å². The van der Waals surface area contributed by atoms with Crippen molar-refractivity contribution in [2.45, 2.75) is 6.54 Å². The SMILES string of the molecule is CNCc1ccnc(Oc2ccc(F)cc2Cl)c1. The van der Waals surface area contributed by atoms with Crippen LogP contribution in [0.5, 0.6) is 11.6 Å². The largest absolute Gasteiger partial charge is 0.437 e. The maximum Gasteiger partial charge on any atom is 0.219 e. The summed E-state index contributed by atoms with van der Waals surface area (Å²) >= 11 is 5.88. The van der Waals surface area contributed by atoms with E-state index in [0.717, 1.165) is 12.1 Å². The van der Waals surface area contributed by atoms with Crippen molar-refractivity contribution in [1.29, 1.82) is 0 Å². The highest BCUT2D eigenvalue weighted by Crippen LogP contribution is 2.29. The number of aromatic nitrogens is 1. The molecule has 0 aliphatic heterocycles. The van der Waals surface area contributed by atoms with Crippen LogP contribution in [0.1, 0.15) is 5.56 Å². The van der Waals surface area contributed by atoms with Crippen molar-refractivity contribution in [2.75, 3.05) is 7.05 Å². The van der Waals surface area contributed by atoms with Crippen LogP contribution < -0.4 is 10.1 Å². The molecule has 18 heavy (non-hydrogen) atoms. The quantitative estimate of drug-likeness (QED) is 0.921. The van der Waals surface area contributed by atoms with Gasteiger partial charge in [-0.25, -0.2) is 9.37 Å². The van der Waals surface area contributed by atoms with Crippen molar-refractivity contribution in [3.05, 3.63) is 52.9 Å². The summed E-state index contributed by atoms with van der Waals surface area (Å²) in [5.41, 5.74) is 1.04. The van der Waals surface area contributed by atoms with E-state index in [0.29, 0.717) is 11.6 Å². The van der Waals surface area contributed by atoms with Gasteiger partial charge in [-0.15, -0.1) is 0 Å². The number of rotatable bonds is 4. The lowest BCUT2D eigenvalue weighted by Crippen LogP contribution is -2.05. The predicted molar refractivity (Wildman–Crippen MR) is 68.5 cm³/mol. The third-order valence-electron chi connectivity index (χ3n) is 2.29. The number of ether oxygens (including phenoxy) is 1. The van der Waals surface area contributed by atoms with Crippen LogP contribution in [0.3, 0.4) is 0 Å². The molecule has 0 aliphatic rings. The number of nitrogens with one attached hydrogen (secondary N) is 1. The predicted octanol–water partition coefficient (Wildman–Crippen LogP) is 3.39. The number of halogens is 2. The van der Waals surface area contributed by atoms with Gasteiger partial charge in [0.05, 0.1) is 5.02 Å². The Kier molecular flexibility index (Phi) is 4.12. The van der Waals surface area contributed by atoms with Gasteiger partial charge in [-0.2, -0.15) is 0 Å². The highest BCUT2D eigenvalue weighted by Gasteiger charge is 2.05. The number of hydrogen-bond donors (Lipinski definition) is 1. The minimum atomic E-state index is -0.399. The molecule has 0 atom stereocenters. The maximum atomic E-state index is 12.9. The van der Waals surface area contributed by atoms with Gasteiger partial charge in [0.15, 0.2) is 0 Å². The van der Waals surface area contributed by atoms with Gasteiger partial charge < -0.3 is 10.1 Å². The van der Waals surface area contributed by atoms with Crippen molar-refractivity contribution < 1.29 is 9.13 Å². The maximum absolute atomic E-state index is 12.9. The number of hydrogen-bond acceptors (Lipinski definition) is 3. The molecule has 1 N–H and O–H groups in total. The van der Waals surface area contributed by atoms with Crippen LogP contribution in [0.2, 0.25) is 5.02 Å². The molecule has 0 radical (unpaired) electrons. The Morgan fingerprint density at radius 1 is 1.33 bits per heavy atom. The van der Waals surface area contributed by atoms with Gasteiger partial charge in [0.1, 0.15) is 11.6 Å². The van der Waals surface area contributed by atoms with Gasteiger partial charge in [-0.3, -0.25) is 0 Å². The molecule has 0 amide bonds. The Hall–Kier alpha value is -1.65. The van der Waals surface area contributed by atoms with Crippen LogP contribution in [-0.4, -0.2) is 12.0 Å². The lowest BCUT2D eigenvalue weighted by atomic mass is 10.2. The van der Waals surface area contributed by atoms with E-state index in [4.69, 9.17) is 16.3 Å². The van der Waals surface area contributed by atoms with E-state index in [2.05, 4.69) is 10.3 Å². The molecule has 0 aliphatic carbocycles. The zero-order valence-electron chi connectivity index (χ0n) is 9.78. The van der Waals surface area contributed by atoms with Gasteiger partial charge in [0.2, 0.25) is 5.88 Å². The molecule has 2 aromatic rings. The summed E-state index contributed by atoms with van der Waals surface area (Å²) in [6, 6.07) is 7.66. The van der Waals surface area contributed by atoms with Crippen LogP contribution >= 0.6 is 11.6 Å². The molecule has 0 bridgehead atoms. The summed E-state index contributed by atoms with van der Waals surface area (Å²) in [6.07, 6.45) is 1.65. The monoisotopic (exact) mass is 266 g/mol. The Labute approximate surface area is 110 Å². The standard InChI is InChI=1S/C13H12ClFN2O/c1-16-8-9-4-5-17-13(6-9)18-12-3-2-10(15)7-11(12)14/h2-7,16H,8H2,1H3. The van der Waals surface area contributed by atoms with Gasteiger partial charge in [-0.05, 0) is 36.9 Å². The minimum absolute atomic E-state index is 0.218. The molecule has 1 aromatic carbocycles. The van der Waals surface area contributed by atoms with Gasteiger partial charge >= 0.3 is 0 Å². The molecule has 0 saturated heterocycles. The van der Waals surface area contributed by atoms with E-state index in [-0.39, 0.29) is 5.02 Å². The molecule has 1 heterocycles. The van der Waals surface area contributed by atoms with Crippen molar-refractivity contribution >= 4 is 11.6 Å². The molecule has 3 nitrogen and oxygen atoms in total. The second-order valence-corrected chi connectivity index (χ2v) is 4.12. The summed E-state index contributed by atoms with van der Waals surface area (Å²) in [7, 11) is 1.86. The molecule has 0 spiro atoms. The smallest absolute Gasteiger partial charge is 0.219 e. The summed E-state index contributed by atoms with van der Waals surface area (Å²) in [5, 5.41) is 3.25. The third kappa shape index (κ3) is 3.18. The fourth-order valence-electron chi connectivity index (χ4n) is 1.49. The highest BCUT2D eigenvalue weighted by molar-refractivity contribution is 6.32. The van der Waals surface area contributed by atoms with Gasteiger partial charge in [-0.1, -0.05) is 11.6 Å². The van der Waals surface area contributed by atoms with E-state index < -0.39 is 5.82 Å². The fourth-order valence-corrected chi connectivity index (χ4v) is 1.70. The van der Waals surface area contributed by atoms with Crippen LogP contribution in [0.25, 0.3) is 0 Å². The van der Waals surface area contributed by atoms with Crippen molar-refractivity contribution in [3.8, 4) is 11.6 Å². The van der Waals surface area contributed by atoms with Crippen LogP contribution in [-0.2, 0) is 6.54 Å².